The minimum absolute atomic E-state index is 0.185. The number of hydrogen-bond acceptors (Lipinski definition) is 3. The molecule has 0 aliphatic heterocycles. The summed E-state index contributed by atoms with van der Waals surface area (Å²) in [6.07, 6.45) is 3.72. The van der Waals surface area contributed by atoms with Crippen LogP contribution in [0.5, 0.6) is 0 Å². The molecule has 3 nitrogen and oxygen atoms in total. The number of rotatable bonds is 7. The van der Waals surface area contributed by atoms with Crippen LogP contribution in [0.4, 0.5) is 5.69 Å². The van der Waals surface area contributed by atoms with Gasteiger partial charge in [0.05, 0.1) is 6.61 Å². The van der Waals surface area contributed by atoms with Gasteiger partial charge < -0.3 is 15.3 Å². The zero-order valence-corrected chi connectivity index (χ0v) is 13.2. The van der Waals surface area contributed by atoms with Gasteiger partial charge in [0.15, 0.2) is 0 Å². The van der Waals surface area contributed by atoms with Gasteiger partial charge >= 0.3 is 0 Å². The van der Waals surface area contributed by atoms with Crippen LogP contribution in [-0.2, 0) is 6.54 Å². The molecule has 0 unspecified atom stereocenters. The summed E-state index contributed by atoms with van der Waals surface area (Å²) in [5.41, 5.74) is 2.25. The van der Waals surface area contributed by atoms with Crippen LogP contribution in [0.2, 0.25) is 5.02 Å². The lowest BCUT2D eigenvalue weighted by Gasteiger charge is -2.39. The smallest absolute Gasteiger partial charge is 0.0606 e. The topological polar surface area (TPSA) is 35.5 Å². The zero-order valence-electron chi connectivity index (χ0n) is 12.4. The molecule has 1 aliphatic carbocycles. The van der Waals surface area contributed by atoms with Crippen molar-refractivity contribution in [1.29, 1.82) is 0 Å². The van der Waals surface area contributed by atoms with Crippen LogP contribution < -0.4 is 10.2 Å². The molecular formula is C16H25ClN2O. The molecule has 0 bridgehead atoms. The van der Waals surface area contributed by atoms with Gasteiger partial charge in [0.1, 0.15) is 0 Å². The molecule has 112 valence electrons. The van der Waals surface area contributed by atoms with Gasteiger partial charge in [-0.1, -0.05) is 31.5 Å². The van der Waals surface area contributed by atoms with Crippen molar-refractivity contribution in [3.8, 4) is 0 Å². The van der Waals surface area contributed by atoms with Crippen LogP contribution in [0.3, 0.4) is 0 Å². The van der Waals surface area contributed by atoms with Crippen LogP contribution in [0.1, 0.15) is 38.7 Å². The van der Waals surface area contributed by atoms with E-state index in [1.165, 1.54) is 19.3 Å². The first-order chi connectivity index (χ1) is 9.61. The monoisotopic (exact) mass is 296 g/mol. The Hall–Kier alpha value is -0.770. The molecule has 1 aliphatic rings. The van der Waals surface area contributed by atoms with Crippen LogP contribution in [0.15, 0.2) is 18.2 Å². The molecule has 2 N–H and O–H groups in total. The lowest BCUT2D eigenvalue weighted by molar-refractivity contribution is 0.283. The molecule has 1 aromatic carbocycles. The van der Waals surface area contributed by atoms with Gasteiger partial charge in [-0.3, -0.25) is 0 Å². The molecule has 0 aromatic heterocycles. The summed E-state index contributed by atoms with van der Waals surface area (Å²) in [4.78, 5) is 2.29. The van der Waals surface area contributed by atoms with Gasteiger partial charge in [0.2, 0.25) is 0 Å². The standard InChI is InChI=1S/C16H25ClN2O/c1-12(2)18-11-13-6-7-15(10-16(13)17)19(8-9-20)14-4-3-5-14/h6-7,10,12,14,18,20H,3-5,8-9,11H2,1-2H3. The first-order valence-electron chi connectivity index (χ1n) is 7.51. The van der Waals surface area contributed by atoms with Crippen molar-refractivity contribution in [3.05, 3.63) is 28.8 Å². The van der Waals surface area contributed by atoms with Crippen molar-refractivity contribution in [2.24, 2.45) is 0 Å². The van der Waals surface area contributed by atoms with Crippen molar-refractivity contribution in [2.45, 2.75) is 51.7 Å². The third kappa shape index (κ3) is 3.87. The molecule has 20 heavy (non-hydrogen) atoms. The molecule has 4 heteroatoms. The van der Waals surface area contributed by atoms with Gasteiger partial charge in [-0.25, -0.2) is 0 Å². The average molecular weight is 297 g/mol. The second kappa shape index (κ2) is 7.30. The largest absolute Gasteiger partial charge is 0.395 e. The van der Waals surface area contributed by atoms with Crippen LogP contribution in [0, 0.1) is 0 Å². The Labute approximate surface area is 126 Å². The second-order valence-corrected chi connectivity index (χ2v) is 6.22. The normalized spacial score (nSPS) is 15.4. The molecule has 2 rings (SSSR count). The number of nitrogens with zero attached hydrogens (tertiary/aromatic N) is 1. The summed E-state index contributed by atoms with van der Waals surface area (Å²) in [6, 6.07) is 7.27. The summed E-state index contributed by atoms with van der Waals surface area (Å²) in [5, 5.41) is 13.4. The number of halogens is 1. The highest BCUT2D eigenvalue weighted by molar-refractivity contribution is 6.31. The molecule has 0 atom stereocenters. The first kappa shape index (κ1) is 15.6. The maximum absolute atomic E-state index is 9.25. The maximum atomic E-state index is 9.25. The van der Waals surface area contributed by atoms with Crippen molar-refractivity contribution in [2.75, 3.05) is 18.1 Å². The molecule has 1 aromatic rings. The number of hydrogen-bond donors (Lipinski definition) is 2. The number of benzene rings is 1. The molecule has 1 saturated carbocycles. The molecule has 0 saturated heterocycles. The SMILES string of the molecule is CC(C)NCc1ccc(N(CCO)C2CCC2)cc1Cl. The first-order valence-corrected chi connectivity index (χ1v) is 7.89. The van der Waals surface area contributed by atoms with E-state index in [1.54, 1.807) is 0 Å². The van der Waals surface area contributed by atoms with Gasteiger partial charge in [0, 0.05) is 35.9 Å². The van der Waals surface area contributed by atoms with E-state index < -0.39 is 0 Å². The van der Waals surface area contributed by atoms with E-state index in [2.05, 4.69) is 36.2 Å². The lowest BCUT2D eigenvalue weighted by Crippen LogP contribution is -2.42. The second-order valence-electron chi connectivity index (χ2n) is 5.81. The molecule has 0 amide bonds. The van der Waals surface area contributed by atoms with Gasteiger partial charge in [-0.15, -0.1) is 0 Å². The predicted molar refractivity (Wildman–Crippen MR) is 85.5 cm³/mol. The Morgan fingerprint density at radius 2 is 2.15 bits per heavy atom. The fourth-order valence-corrected chi connectivity index (χ4v) is 2.74. The Bertz CT molecular complexity index is 432. The third-order valence-electron chi connectivity index (χ3n) is 3.93. The minimum Gasteiger partial charge on any atom is -0.395 e. The fraction of sp³-hybridized carbons (Fsp3) is 0.625. The van der Waals surface area contributed by atoms with E-state index in [4.69, 9.17) is 11.6 Å². The van der Waals surface area contributed by atoms with Crippen molar-refractivity contribution >= 4 is 17.3 Å². The highest BCUT2D eigenvalue weighted by Crippen LogP contribution is 2.31. The van der Waals surface area contributed by atoms with Gasteiger partial charge in [0.25, 0.3) is 0 Å². The number of aliphatic hydroxyl groups excluding tert-OH is 1. The molecule has 0 heterocycles. The number of aliphatic hydroxyl groups is 1. The Morgan fingerprint density at radius 3 is 2.65 bits per heavy atom. The molecule has 0 radical (unpaired) electrons. The molecule has 1 fully saturated rings. The van der Waals surface area contributed by atoms with E-state index in [0.717, 1.165) is 22.8 Å². The molecule has 0 spiro atoms. The van der Waals surface area contributed by atoms with Crippen LogP contribution in [0.25, 0.3) is 0 Å². The highest BCUT2D eigenvalue weighted by Gasteiger charge is 2.25. The minimum atomic E-state index is 0.185. The van der Waals surface area contributed by atoms with Crippen LogP contribution in [-0.4, -0.2) is 30.3 Å². The zero-order chi connectivity index (χ0) is 14.5. The summed E-state index contributed by atoms with van der Waals surface area (Å²) < 4.78 is 0. The Balaban J connectivity index is 2.09. The highest BCUT2D eigenvalue weighted by atomic mass is 35.5. The Morgan fingerprint density at radius 1 is 1.40 bits per heavy atom. The maximum Gasteiger partial charge on any atom is 0.0606 e. The summed E-state index contributed by atoms with van der Waals surface area (Å²) >= 11 is 6.39. The summed E-state index contributed by atoms with van der Waals surface area (Å²) in [7, 11) is 0. The van der Waals surface area contributed by atoms with Crippen molar-refractivity contribution in [3.63, 3.8) is 0 Å². The fourth-order valence-electron chi connectivity index (χ4n) is 2.50. The predicted octanol–water partition coefficient (Wildman–Crippen LogP) is 3.19. The van der Waals surface area contributed by atoms with E-state index in [1.807, 2.05) is 6.07 Å². The van der Waals surface area contributed by atoms with Gasteiger partial charge in [-0.2, -0.15) is 0 Å². The van der Waals surface area contributed by atoms with Crippen LogP contribution >= 0.6 is 11.6 Å². The van der Waals surface area contributed by atoms with E-state index in [9.17, 15) is 5.11 Å². The van der Waals surface area contributed by atoms with Gasteiger partial charge in [-0.05, 0) is 37.0 Å². The average Bonchev–Trinajstić information content (AvgIpc) is 2.34. The quantitative estimate of drug-likeness (QED) is 0.811. The summed E-state index contributed by atoms with van der Waals surface area (Å²) in [6.45, 7) is 5.92. The van der Waals surface area contributed by atoms with Crippen molar-refractivity contribution in [1.82, 2.24) is 5.32 Å². The molecular weight excluding hydrogens is 272 g/mol. The van der Waals surface area contributed by atoms with E-state index >= 15 is 0 Å². The number of anilines is 1. The summed E-state index contributed by atoms with van der Waals surface area (Å²) in [5.74, 6) is 0. The lowest BCUT2D eigenvalue weighted by atomic mass is 9.91. The number of nitrogens with one attached hydrogen (secondary N) is 1. The third-order valence-corrected chi connectivity index (χ3v) is 4.28. The van der Waals surface area contributed by atoms with E-state index in [0.29, 0.717) is 18.6 Å². The van der Waals surface area contributed by atoms with E-state index in [-0.39, 0.29) is 6.61 Å². The Kier molecular flexibility index (Phi) is 5.70. The van der Waals surface area contributed by atoms with Crippen molar-refractivity contribution < 1.29 is 5.11 Å².